The standard InChI is InChI=1S/C17H17ClFN3O3S/c1-22(13-6-7-26(24,25)10-13)17(23)16-5-3-12(9-20-16)21-11-2-4-15(19)14(18)8-11/h2-5,8-9,13,21H,6-7,10H2,1H3. The van der Waals surface area contributed by atoms with Crippen LogP contribution in [0, 0.1) is 5.82 Å². The van der Waals surface area contributed by atoms with Gasteiger partial charge in [0.25, 0.3) is 5.91 Å². The Labute approximate surface area is 155 Å². The maximum atomic E-state index is 13.2. The molecule has 1 saturated heterocycles. The molecule has 3 rings (SSSR count). The van der Waals surface area contributed by atoms with E-state index in [4.69, 9.17) is 11.6 Å². The molecule has 1 aliphatic rings. The Morgan fingerprint density at radius 1 is 1.31 bits per heavy atom. The highest BCUT2D eigenvalue weighted by molar-refractivity contribution is 7.91. The summed E-state index contributed by atoms with van der Waals surface area (Å²) in [6.45, 7) is 0. The third-order valence-electron chi connectivity index (χ3n) is 4.27. The zero-order valence-electron chi connectivity index (χ0n) is 13.9. The fourth-order valence-corrected chi connectivity index (χ4v) is 4.72. The Bertz CT molecular complexity index is 935. The predicted octanol–water partition coefficient (Wildman–Crippen LogP) is 2.88. The van der Waals surface area contributed by atoms with Crippen LogP contribution in [0.4, 0.5) is 15.8 Å². The third-order valence-corrected chi connectivity index (χ3v) is 6.31. The van der Waals surface area contributed by atoms with Gasteiger partial charge >= 0.3 is 0 Å². The minimum absolute atomic E-state index is 0.00268. The summed E-state index contributed by atoms with van der Waals surface area (Å²) in [7, 11) is -1.48. The number of sulfone groups is 1. The van der Waals surface area contributed by atoms with Crippen LogP contribution < -0.4 is 5.32 Å². The van der Waals surface area contributed by atoms with Crippen LogP contribution in [0.2, 0.25) is 5.02 Å². The number of halogens is 2. The van der Waals surface area contributed by atoms with E-state index in [1.807, 2.05) is 0 Å². The van der Waals surface area contributed by atoms with E-state index in [1.54, 1.807) is 19.2 Å². The fraction of sp³-hybridized carbons (Fsp3) is 0.294. The summed E-state index contributed by atoms with van der Waals surface area (Å²) in [6, 6.07) is 7.12. The van der Waals surface area contributed by atoms with Crippen molar-refractivity contribution in [1.29, 1.82) is 0 Å². The predicted molar refractivity (Wildman–Crippen MR) is 98.1 cm³/mol. The Kier molecular flexibility index (Phi) is 5.15. The molecule has 1 N–H and O–H groups in total. The van der Waals surface area contributed by atoms with Crippen LogP contribution in [0.5, 0.6) is 0 Å². The van der Waals surface area contributed by atoms with Gasteiger partial charge in [0.2, 0.25) is 0 Å². The molecule has 2 heterocycles. The summed E-state index contributed by atoms with van der Waals surface area (Å²) in [4.78, 5) is 18.0. The molecule has 0 spiro atoms. The van der Waals surface area contributed by atoms with Crippen LogP contribution in [0.25, 0.3) is 0 Å². The van der Waals surface area contributed by atoms with Gasteiger partial charge < -0.3 is 10.2 Å². The molecule has 0 bridgehead atoms. The van der Waals surface area contributed by atoms with Crippen molar-refractivity contribution in [3.63, 3.8) is 0 Å². The Morgan fingerprint density at radius 3 is 2.62 bits per heavy atom. The number of nitrogens with zero attached hydrogens (tertiary/aromatic N) is 2. The third kappa shape index (κ3) is 4.13. The molecule has 0 radical (unpaired) electrons. The lowest BCUT2D eigenvalue weighted by Gasteiger charge is -2.23. The van der Waals surface area contributed by atoms with E-state index in [0.29, 0.717) is 17.8 Å². The molecular formula is C17H17ClFN3O3S. The molecule has 1 aliphatic heterocycles. The maximum absolute atomic E-state index is 13.2. The first-order valence-corrected chi connectivity index (χ1v) is 10.1. The Hall–Kier alpha value is -2.19. The van der Waals surface area contributed by atoms with Gasteiger partial charge in [-0.25, -0.2) is 17.8 Å². The molecule has 1 amide bonds. The first kappa shape index (κ1) is 18.6. The van der Waals surface area contributed by atoms with Crippen LogP contribution in [0.3, 0.4) is 0 Å². The average molecular weight is 398 g/mol. The highest BCUT2D eigenvalue weighted by Crippen LogP contribution is 2.23. The number of amides is 1. The van der Waals surface area contributed by atoms with E-state index in [1.165, 1.54) is 29.3 Å². The minimum atomic E-state index is -3.07. The fourth-order valence-electron chi connectivity index (χ4n) is 2.76. The van der Waals surface area contributed by atoms with Crippen molar-refractivity contribution in [2.45, 2.75) is 12.5 Å². The summed E-state index contributed by atoms with van der Waals surface area (Å²) in [5, 5.41) is 3.02. The van der Waals surface area contributed by atoms with Gasteiger partial charge in [-0.15, -0.1) is 0 Å². The quantitative estimate of drug-likeness (QED) is 0.858. The van der Waals surface area contributed by atoms with E-state index in [0.717, 1.165) is 0 Å². The topological polar surface area (TPSA) is 79.4 Å². The molecule has 26 heavy (non-hydrogen) atoms. The van der Waals surface area contributed by atoms with E-state index in [-0.39, 0.29) is 34.2 Å². The number of hydrogen-bond donors (Lipinski definition) is 1. The van der Waals surface area contributed by atoms with Gasteiger partial charge in [-0.1, -0.05) is 11.6 Å². The second kappa shape index (κ2) is 7.20. The summed E-state index contributed by atoms with van der Waals surface area (Å²) in [5.74, 6) is -0.747. The lowest BCUT2D eigenvalue weighted by atomic mass is 10.2. The molecule has 0 aliphatic carbocycles. The molecule has 1 unspecified atom stereocenters. The minimum Gasteiger partial charge on any atom is -0.354 e. The number of rotatable bonds is 4. The SMILES string of the molecule is CN(C(=O)c1ccc(Nc2ccc(F)c(Cl)c2)cn1)C1CCS(=O)(=O)C1. The molecule has 1 atom stereocenters. The number of pyridine rings is 1. The van der Waals surface area contributed by atoms with Crippen LogP contribution in [0.1, 0.15) is 16.9 Å². The number of aromatic nitrogens is 1. The molecule has 6 nitrogen and oxygen atoms in total. The highest BCUT2D eigenvalue weighted by atomic mass is 35.5. The normalized spacial score (nSPS) is 18.5. The summed E-state index contributed by atoms with van der Waals surface area (Å²) in [6.07, 6.45) is 1.92. The molecule has 9 heteroatoms. The second-order valence-corrected chi connectivity index (χ2v) is 8.79. The van der Waals surface area contributed by atoms with Gasteiger partial charge in [0.05, 0.1) is 28.4 Å². The summed E-state index contributed by atoms with van der Waals surface area (Å²) >= 11 is 5.74. The molecular weight excluding hydrogens is 381 g/mol. The number of carbonyl (C=O) groups excluding carboxylic acids is 1. The number of anilines is 2. The van der Waals surface area contributed by atoms with Gasteiger partial charge in [0.1, 0.15) is 11.5 Å². The first-order valence-electron chi connectivity index (χ1n) is 7.91. The van der Waals surface area contributed by atoms with Crippen LogP contribution in [-0.4, -0.2) is 48.8 Å². The lowest BCUT2D eigenvalue weighted by Crippen LogP contribution is -2.38. The molecule has 1 aromatic heterocycles. The van der Waals surface area contributed by atoms with E-state index >= 15 is 0 Å². The summed E-state index contributed by atoms with van der Waals surface area (Å²) < 4.78 is 36.3. The van der Waals surface area contributed by atoms with E-state index in [2.05, 4.69) is 10.3 Å². The molecule has 0 saturated carbocycles. The number of hydrogen-bond acceptors (Lipinski definition) is 5. The van der Waals surface area contributed by atoms with Crippen LogP contribution >= 0.6 is 11.6 Å². The van der Waals surface area contributed by atoms with Gasteiger partial charge in [-0.2, -0.15) is 0 Å². The van der Waals surface area contributed by atoms with Crippen molar-refractivity contribution < 1.29 is 17.6 Å². The van der Waals surface area contributed by atoms with Crippen molar-refractivity contribution in [3.8, 4) is 0 Å². The average Bonchev–Trinajstić information content (AvgIpc) is 2.97. The van der Waals surface area contributed by atoms with Crippen molar-refractivity contribution >= 4 is 38.7 Å². The van der Waals surface area contributed by atoms with Gasteiger partial charge in [0, 0.05) is 18.8 Å². The van der Waals surface area contributed by atoms with E-state index in [9.17, 15) is 17.6 Å². The van der Waals surface area contributed by atoms with Gasteiger partial charge in [-0.3, -0.25) is 4.79 Å². The monoisotopic (exact) mass is 397 g/mol. The van der Waals surface area contributed by atoms with Crippen LogP contribution in [-0.2, 0) is 9.84 Å². The number of nitrogens with one attached hydrogen (secondary N) is 1. The molecule has 1 fully saturated rings. The lowest BCUT2D eigenvalue weighted by molar-refractivity contribution is 0.0742. The second-order valence-electron chi connectivity index (χ2n) is 6.16. The van der Waals surface area contributed by atoms with Gasteiger partial charge in [0.15, 0.2) is 9.84 Å². The largest absolute Gasteiger partial charge is 0.354 e. The van der Waals surface area contributed by atoms with Crippen LogP contribution in [0.15, 0.2) is 36.5 Å². The smallest absolute Gasteiger partial charge is 0.272 e. The Balaban J connectivity index is 1.68. The van der Waals surface area contributed by atoms with Crippen molar-refractivity contribution in [2.75, 3.05) is 23.9 Å². The van der Waals surface area contributed by atoms with Crippen molar-refractivity contribution in [1.82, 2.24) is 9.88 Å². The van der Waals surface area contributed by atoms with Crippen molar-refractivity contribution in [3.05, 3.63) is 53.1 Å². The van der Waals surface area contributed by atoms with Gasteiger partial charge in [-0.05, 0) is 36.8 Å². The Morgan fingerprint density at radius 2 is 2.04 bits per heavy atom. The zero-order valence-corrected chi connectivity index (χ0v) is 15.5. The van der Waals surface area contributed by atoms with Crippen molar-refractivity contribution in [2.24, 2.45) is 0 Å². The van der Waals surface area contributed by atoms with E-state index < -0.39 is 15.7 Å². The number of carbonyl (C=O) groups is 1. The molecule has 2 aromatic rings. The molecule has 138 valence electrons. The first-order chi connectivity index (χ1) is 12.2. The number of benzene rings is 1. The highest BCUT2D eigenvalue weighted by Gasteiger charge is 2.33. The molecule has 1 aromatic carbocycles. The summed E-state index contributed by atoms with van der Waals surface area (Å²) in [5.41, 5.74) is 1.42. The zero-order chi connectivity index (χ0) is 18.9. The maximum Gasteiger partial charge on any atom is 0.272 e.